The Bertz CT molecular complexity index is 310. The average molecular weight is 195 g/mol. The highest BCUT2D eigenvalue weighted by molar-refractivity contribution is 5.42. The van der Waals surface area contributed by atoms with Crippen molar-refractivity contribution >= 4 is 0 Å². The molecule has 2 atom stereocenters. The van der Waals surface area contributed by atoms with Gasteiger partial charge in [-0.15, -0.1) is 0 Å². The van der Waals surface area contributed by atoms with Gasteiger partial charge in [0.15, 0.2) is 0 Å². The normalized spacial score (nSPS) is 14.9. The first kappa shape index (κ1) is 11.0. The van der Waals surface area contributed by atoms with Gasteiger partial charge in [0, 0.05) is 5.56 Å². The van der Waals surface area contributed by atoms with Crippen molar-refractivity contribution in [3.05, 3.63) is 29.3 Å². The molecule has 0 aliphatic carbocycles. The van der Waals surface area contributed by atoms with Crippen LogP contribution in [-0.2, 0) is 0 Å². The lowest BCUT2D eigenvalue weighted by molar-refractivity contribution is 0.162. The van der Waals surface area contributed by atoms with Crippen molar-refractivity contribution in [2.75, 3.05) is 7.11 Å². The van der Waals surface area contributed by atoms with E-state index in [2.05, 4.69) is 0 Å². The van der Waals surface area contributed by atoms with Crippen molar-refractivity contribution in [3.8, 4) is 5.75 Å². The summed E-state index contributed by atoms with van der Waals surface area (Å²) in [7, 11) is 1.60. The quantitative estimate of drug-likeness (QED) is 0.766. The van der Waals surface area contributed by atoms with Gasteiger partial charge in [0.2, 0.25) is 0 Å². The Morgan fingerprint density at radius 3 is 2.57 bits per heavy atom. The van der Waals surface area contributed by atoms with Crippen molar-refractivity contribution in [2.24, 2.45) is 5.73 Å². The number of nitrogens with two attached hydrogens (primary N) is 1. The second kappa shape index (κ2) is 4.44. The molecule has 0 amide bonds. The second-order valence-electron chi connectivity index (χ2n) is 3.46. The highest BCUT2D eigenvalue weighted by Gasteiger charge is 2.18. The van der Waals surface area contributed by atoms with Crippen LogP contribution in [0.15, 0.2) is 18.2 Å². The molecule has 3 heteroatoms. The van der Waals surface area contributed by atoms with Crippen LogP contribution in [0, 0.1) is 6.92 Å². The maximum Gasteiger partial charge on any atom is 0.123 e. The van der Waals surface area contributed by atoms with E-state index in [1.807, 2.05) is 25.1 Å². The van der Waals surface area contributed by atoms with E-state index in [1.54, 1.807) is 14.0 Å². The number of aliphatic hydroxyl groups excluding tert-OH is 1. The third-order valence-corrected chi connectivity index (χ3v) is 2.36. The molecule has 1 rings (SSSR count). The average Bonchev–Trinajstić information content (AvgIpc) is 2.16. The van der Waals surface area contributed by atoms with Gasteiger partial charge >= 0.3 is 0 Å². The largest absolute Gasteiger partial charge is 0.496 e. The lowest BCUT2D eigenvalue weighted by atomic mass is 9.97. The summed E-state index contributed by atoms with van der Waals surface area (Å²) in [6.45, 7) is 3.64. The molecule has 78 valence electrons. The van der Waals surface area contributed by atoms with E-state index in [9.17, 15) is 5.11 Å². The monoisotopic (exact) mass is 195 g/mol. The summed E-state index contributed by atoms with van der Waals surface area (Å²) in [5.74, 6) is 0.735. The molecule has 0 fully saturated rings. The summed E-state index contributed by atoms with van der Waals surface area (Å²) in [5, 5.41) is 9.44. The Morgan fingerprint density at radius 1 is 1.43 bits per heavy atom. The first-order valence-corrected chi connectivity index (χ1v) is 4.65. The van der Waals surface area contributed by atoms with Crippen LogP contribution in [0.1, 0.15) is 24.1 Å². The fraction of sp³-hybridized carbons (Fsp3) is 0.455. The maximum absolute atomic E-state index is 9.44. The van der Waals surface area contributed by atoms with Gasteiger partial charge in [0.05, 0.1) is 19.3 Å². The molecule has 0 aliphatic heterocycles. The van der Waals surface area contributed by atoms with Crippen molar-refractivity contribution in [3.63, 3.8) is 0 Å². The Balaban J connectivity index is 3.16. The number of methoxy groups -OCH3 is 1. The van der Waals surface area contributed by atoms with Gasteiger partial charge in [0.1, 0.15) is 5.75 Å². The van der Waals surface area contributed by atoms with Crippen LogP contribution in [0.5, 0.6) is 5.75 Å². The van der Waals surface area contributed by atoms with Crippen LogP contribution in [0.3, 0.4) is 0 Å². The molecule has 0 spiro atoms. The minimum atomic E-state index is -0.579. The molecule has 0 unspecified atom stereocenters. The number of hydrogen-bond acceptors (Lipinski definition) is 3. The first-order valence-electron chi connectivity index (χ1n) is 4.65. The van der Waals surface area contributed by atoms with E-state index < -0.39 is 12.1 Å². The first-order chi connectivity index (χ1) is 6.57. The lowest BCUT2D eigenvalue weighted by Crippen LogP contribution is -2.24. The van der Waals surface area contributed by atoms with Gasteiger partial charge in [-0.25, -0.2) is 0 Å². The number of aliphatic hydroxyl groups is 1. The Kier molecular flexibility index (Phi) is 3.49. The minimum absolute atomic E-state index is 0.397. The van der Waals surface area contributed by atoms with Gasteiger partial charge in [-0.1, -0.05) is 12.1 Å². The van der Waals surface area contributed by atoms with E-state index in [4.69, 9.17) is 10.5 Å². The number of benzene rings is 1. The Morgan fingerprint density at radius 2 is 2.07 bits per heavy atom. The number of aryl methyl sites for hydroxylation is 1. The van der Waals surface area contributed by atoms with Gasteiger partial charge in [-0.3, -0.25) is 0 Å². The van der Waals surface area contributed by atoms with E-state index in [-0.39, 0.29) is 0 Å². The van der Waals surface area contributed by atoms with Crippen LogP contribution >= 0.6 is 0 Å². The zero-order valence-corrected chi connectivity index (χ0v) is 8.82. The summed E-state index contributed by atoms with van der Waals surface area (Å²) in [6.07, 6.45) is -0.579. The molecule has 0 saturated heterocycles. The van der Waals surface area contributed by atoms with Crippen LogP contribution in [0.25, 0.3) is 0 Å². The Hall–Kier alpha value is -1.06. The smallest absolute Gasteiger partial charge is 0.123 e. The van der Waals surface area contributed by atoms with Crippen LogP contribution < -0.4 is 10.5 Å². The zero-order valence-electron chi connectivity index (χ0n) is 8.82. The predicted molar refractivity (Wildman–Crippen MR) is 56.3 cm³/mol. The summed E-state index contributed by atoms with van der Waals surface area (Å²) in [5.41, 5.74) is 7.80. The van der Waals surface area contributed by atoms with Gasteiger partial charge in [-0.05, 0) is 25.5 Å². The summed E-state index contributed by atoms with van der Waals surface area (Å²) >= 11 is 0. The molecular weight excluding hydrogens is 178 g/mol. The van der Waals surface area contributed by atoms with Crippen molar-refractivity contribution in [1.82, 2.24) is 0 Å². The molecule has 0 aliphatic rings. The van der Waals surface area contributed by atoms with Crippen molar-refractivity contribution < 1.29 is 9.84 Å². The van der Waals surface area contributed by atoms with Gasteiger partial charge in [-0.2, -0.15) is 0 Å². The molecule has 1 aromatic rings. The zero-order chi connectivity index (χ0) is 10.7. The number of ether oxygens (including phenoxy) is 1. The molecule has 14 heavy (non-hydrogen) atoms. The summed E-state index contributed by atoms with van der Waals surface area (Å²) in [6, 6.07) is 5.32. The number of hydrogen-bond donors (Lipinski definition) is 2. The molecule has 0 heterocycles. The van der Waals surface area contributed by atoms with Crippen LogP contribution in [-0.4, -0.2) is 18.3 Å². The van der Waals surface area contributed by atoms with Gasteiger partial charge in [0.25, 0.3) is 0 Å². The van der Waals surface area contributed by atoms with E-state index in [1.165, 1.54) is 0 Å². The lowest BCUT2D eigenvalue weighted by Gasteiger charge is -2.20. The third kappa shape index (κ3) is 2.05. The second-order valence-corrected chi connectivity index (χ2v) is 3.46. The van der Waals surface area contributed by atoms with Crippen LogP contribution in [0.4, 0.5) is 0 Å². The summed E-state index contributed by atoms with van der Waals surface area (Å²) in [4.78, 5) is 0. The topological polar surface area (TPSA) is 55.5 Å². The SMILES string of the molecule is COc1cccc(C)c1[C@@H](N)[C@@H](C)O. The number of rotatable bonds is 3. The van der Waals surface area contributed by atoms with E-state index in [0.717, 1.165) is 16.9 Å². The van der Waals surface area contributed by atoms with Gasteiger partial charge < -0.3 is 15.6 Å². The summed E-state index contributed by atoms with van der Waals surface area (Å²) < 4.78 is 5.21. The molecule has 0 bridgehead atoms. The third-order valence-electron chi connectivity index (χ3n) is 2.36. The maximum atomic E-state index is 9.44. The highest BCUT2D eigenvalue weighted by atomic mass is 16.5. The molecule has 0 aromatic heterocycles. The minimum Gasteiger partial charge on any atom is -0.496 e. The molecule has 3 nitrogen and oxygen atoms in total. The highest BCUT2D eigenvalue weighted by Crippen LogP contribution is 2.28. The molecule has 0 radical (unpaired) electrons. The fourth-order valence-electron chi connectivity index (χ4n) is 1.50. The van der Waals surface area contributed by atoms with Crippen molar-refractivity contribution in [1.29, 1.82) is 0 Å². The predicted octanol–water partition coefficient (Wildman–Crippen LogP) is 1.38. The fourth-order valence-corrected chi connectivity index (χ4v) is 1.50. The molecular formula is C11H17NO2. The van der Waals surface area contributed by atoms with E-state index in [0.29, 0.717) is 0 Å². The Labute approximate surface area is 84.5 Å². The van der Waals surface area contributed by atoms with Crippen LogP contribution in [0.2, 0.25) is 0 Å². The standard InChI is InChI=1S/C11H17NO2/c1-7-5-4-6-9(14-3)10(7)11(12)8(2)13/h4-6,8,11,13H,12H2,1-3H3/t8-,11+/m1/s1. The molecule has 1 aromatic carbocycles. The molecule has 3 N–H and O–H groups in total. The molecule has 0 saturated carbocycles. The van der Waals surface area contributed by atoms with Crippen molar-refractivity contribution in [2.45, 2.75) is 26.0 Å². The van der Waals surface area contributed by atoms with E-state index >= 15 is 0 Å².